The van der Waals surface area contributed by atoms with E-state index in [0.717, 1.165) is 29.3 Å². The highest BCUT2D eigenvalue weighted by atomic mass is 16.5. The van der Waals surface area contributed by atoms with Crippen LogP contribution in [0.25, 0.3) is 16.8 Å². The minimum atomic E-state index is -0.407. The number of carbonyl (C=O) groups excluding carboxylic acids is 2. The summed E-state index contributed by atoms with van der Waals surface area (Å²) in [4.78, 5) is 28.8. The minimum Gasteiger partial charge on any atom is -0.488 e. The molecular weight excluding hydrogens is 442 g/mol. The fourth-order valence-corrected chi connectivity index (χ4v) is 3.68. The molecule has 178 valence electrons. The Morgan fingerprint density at radius 1 is 1.03 bits per heavy atom. The van der Waals surface area contributed by atoms with Crippen LogP contribution in [0.3, 0.4) is 0 Å². The van der Waals surface area contributed by atoms with Crippen LogP contribution >= 0.6 is 0 Å². The van der Waals surface area contributed by atoms with E-state index in [4.69, 9.17) is 9.47 Å². The van der Waals surface area contributed by atoms with Crippen LogP contribution in [0, 0.1) is 0 Å². The van der Waals surface area contributed by atoms with Gasteiger partial charge in [0.1, 0.15) is 12.4 Å². The topological polar surface area (TPSA) is 82.5 Å². The zero-order valence-corrected chi connectivity index (χ0v) is 19.5. The number of fused-ring (bicyclic) bond motifs is 1. The number of nitrogens with one attached hydrogen (secondary N) is 1. The molecule has 4 rings (SSSR count). The van der Waals surface area contributed by atoms with Gasteiger partial charge in [-0.15, -0.1) is 0 Å². The lowest BCUT2D eigenvalue weighted by Crippen LogP contribution is -2.29. The van der Waals surface area contributed by atoms with E-state index in [1.54, 1.807) is 42.9 Å². The Morgan fingerprint density at radius 3 is 2.60 bits per heavy atom. The van der Waals surface area contributed by atoms with E-state index in [2.05, 4.69) is 10.3 Å². The Bertz CT molecular complexity index is 1310. The second-order valence-electron chi connectivity index (χ2n) is 7.96. The van der Waals surface area contributed by atoms with Crippen molar-refractivity contribution in [1.82, 2.24) is 14.9 Å². The van der Waals surface area contributed by atoms with Crippen molar-refractivity contribution in [3.8, 4) is 5.75 Å². The van der Waals surface area contributed by atoms with E-state index >= 15 is 0 Å². The van der Waals surface area contributed by atoms with Crippen LogP contribution in [0.4, 0.5) is 0 Å². The fraction of sp³-hybridized carbons (Fsp3) is 0.179. The number of methoxy groups -OCH3 is 1. The van der Waals surface area contributed by atoms with Gasteiger partial charge in [0.2, 0.25) is 0 Å². The second kappa shape index (κ2) is 11.7. The molecule has 0 atom stereocenters. The maximum atomic E-state index is 13.1. The number of hydrogen-bond donors (Lipinski definition) is 1. The summed E-state index contributed by atoms with van der Waals surface area (Å²) in [6, 6.07) is 20.7. The first kappa shape index (κ1) is 23.8. The molecule has 0 aliphatic rings. The van der Waals surface area contributed by atoms with Crippen molar-refractivity contribution < 1.29 is 19.1 Å². The van der Waals surface area contributed by atoms with E-state index in [1.807, 2.05) is 53.2 Å². The number of rotatable bonds is 10. The summed E-state index contributed by atoms with van der Waals surface area (Å²) >= 11 is 0. The maximum absolute atomic E-state index is 13.1. The van der Waals surface area contributed by atoms with Gasteiger partial charge in [0.25, 0.3) is 5.91 Å². The van der Waals surface area contributed by atoms with Crippen LogP contribution < -0.4 is 10.1 Å². The lowest BCUT2D eigenvalue weighted by molar-refractivity contribution is -0.117. The number of carbonyl (C=O) groups is 2. The average Bonchev–Trinajstić information content (AvgIpc) is 3.42. The Morgan fingerprint density at radius 2 is 1.83 bits per heavy atom. The van der Waals surface area contributed by atoms with Gasteiger partial charge < -0.3 is 19.4 Å². The number of aromatic nitrogens is 2. The Hall–Kier alpha value is -4.39. The van der Waals surface area contributed by atoms with Gasteiger partial charge in [0.05, 0.1) is 24.6 Å². The molecule has 3 aromatic carbocycles. The van der Waals surface area contributed by atoms with Gasteiger partial charge in [-0.1, -0.05) is 48.5 Å². The summed E-state index contributed by atoms with van der Waals surface area (Å²) in [5.74, 6) is 0.103. The largest absolute Gasteiger partial charge is 0.488 e. The molecule has 0 aliphatic carbocycles. The molecule has 1 amide bonds. The molecule has 0 aliphatic heterocycles. The number of esters is 1. The number of benzene rings is 3. The monoisotopic (exact) mass is 469 g/mol. The number of imidazole rings is 1. The van der Waals surface area contributed by atoms with Gasteiger partial charge >= 0.3 is 5.97 Å². The SMILES string of the molecule is COC(=O)c1ccc(C=C(COc2cccc3ccccc23)C(=O)NCCCn2ccnc2)cc1. The third kappa shape index (κ3) is 6.35. The van der Waals surface area contributed by atoms with Crippen LogP contribution in [-0.2, 0) is 16.1 Å². The van der Waals surface area contributed by atoms with Crippen molar-refractivity contribution >= 4 is 28.7 Å². The Labute approximate surface area is 204 Å². The van der Waals surface area contributed by atoms with Crippen molar-refractivity contribution in [1.29, 1.82) is 0 Å². The predicted octanol–water partition coefficient (Wildman–Crippen LogP) is 4.49. The fourth-order valence-electron chi connectivity index (χ4n) is 3.68. The minimum absolute atomic E-state index is 0.0973. The smallest absolute Gasteiger partial charge is 0.337 e. The van der Waals surface area contributed by atoms with E-state index in [0.29, 0.717) is 23.4 Å². The van der Waals surface area contributed by atoms with Crippen LogP contribution in [0.15, 0.2) is 91.0 Å². The van der Waals surface area contributed by atoms with Crippen molar-refractivity contribution in [2.75, 3.05) is 20.3 Å². The van der Waals surface area contributed by atoms with E-state index in [-0.39, 0.29) is 12.5 Å². The highest BCUT2D eigenvalue weighted by molar-refractivity contribution is 5.98. The zero-order valence-electron chi connectivity index (χ0n) is 19.5. The van der Waals surface area contributed by atoms with Crippen molar-refractivity contribution in [2.24, 2.45) is 0 Å². The molecule has 0 unspecified atom stereocenters. The summed E-state index contributed by atoms with van der Waals surface area (Å²) in [6.07, 6.45) is 7.92. The standard InChI is InChI=1S/C28H27N3O4/c1-34-28(33)23-12-10-21(11-13-23)18-24(27(32)30-14-5-16-31-17-15-29-20-31)19-35-26-9-4-7-22-6-2-3-8-25(22)26/h2-4,6-13,15,17-18,20H,5,14,16,19H2,1H3,(H,30,32). The van der Waals surface area contributed by atoms with Crippen LogP contribution in [0.2, 0.25) is 0 Å². The molecule has 0 bridgehead atoms. The molecular formula is C28H27N3O4. The molecule has 0 saturated carbocycles. The third-order valence-corrected chi connectivity index (χ3v) is 5.53. The summed E-state index contributed by atoms with van der Waals surface area (Å²) in [6.45, 7) is 1.38. The Kier molecular flexibility index (Phi) is 7.91. The lowest BCUT2D eigenvalue weighted by Gasteiger charge is -2.13. The molecule has 1 N–H and O–H groups in total. The first-order valence-corrected chi connectivity index (χ1v) is 11.4. The number of ether oxygens (including phenoxy) is 2. The first-order chi connectivity index (χ1) is 17.1. The van der Waals surface area contributed by atoms with Gasteiger partial charge in [0, 0.05) is 30.9 Å². The first-order valence-electron chi connectivity index (χ1n) is 11.4. The van der Waals surface area contributed by atoms with Crippen LogP contribution in [0.5, 0.6) is 5.75 Å². The van der Waals surface area contributed by atoms with Gasteiger partial charge in [-0.25, -0.2) is 9.78 Å². The zero-order chi connectivity index (χ0) is 24.5. The number of hydrogen-bond acceptors (Lipinski definition) is 5. The van der Waals surface area contributed by atoms with E-state index in [9.17, 15) is 9.59 Å². The molecule has 4 aromatic rings. The number of amides is 1. The quantitative estimate of drug-likeness (QED) is 0.210. The lowest BCUT2D eigenvalue weighted by atomic mass is 10.1. The molecule has 1 aromatic heterocycles. The molecule has 0 saturated heterocycles. The molecule has 7 heteroatoms. The van der Waals surface area contributed by atoms with E-state index < -0.39 is 5.97 Å². The van der Waals surface area contributed by atoms with Crippen molar-refractivity contribution in [3.05, 3.63) is 102 Å². The third-order valence-electron chi connectivity index (χ3n) is 5.53. The molecule has 1 heterocycles. The normalized spacial score (nSPS) is 11.3. The van der Waals surface area contributed by atoms with Gasteiger partial charge in [-0.05, 0) is 41.6 Å². The molecule has 7 nitrogen and oxygen atoms in total. The molecule has 0 radical (unpaired) electrons. The second-order valence-corrected chi connectivity index (χ2v) is 7.96. The highest BCUT2D eigenvalue weighted by Crippen LogP contribution is 2.25. The molecule has 0 fully saturated rings. The van der Waals surface area contributed by atoms with Crippen molar-refractivity contribution in [2.45, 2.75) is 13.0 Å². The van der Waals surface area contributed by atoms with Gasteiger partial charge in [0.15, 0.2) is 0 Å². The van der Waals surface area contributed by atoms with Crippen LogP contribution in [-0.4, -0.2) is 41.7 Å². The number of aryl methyl sites for hydroxylation is 1. The maximum Gasteiger partial charge on any atom is 0.337 e. The van der Waals surface area contributed by atoms with Gasteiger partial charge in [-0.3, -0.25) is 4.79 Å². The highest BCUT2D eigenvalue weighted by Gasteiger charge is 2.12. The summed E-state index contributed by atoms with van der Waals surface area (Å²) in [7, 11) is 1.34. The average molecular weight is 470 g/mol. The van der Waals surface area contributed by atoms with Crippen molar-refractivity contribution in [3.63, 3.8) is 0 Å². The number of nitrogens with zero attached hydrogens (tertiary/aromatic N) is 2. The summed E-state index contributed by atoms with van der Waals surface area (Å²) < 4.78 is 12.8. The molecule has 0 spiro atoms. The summed E-state index contributed by atoms with van der Waals surface area (Å²) in [5, 5.41) is 5.03. The Balaban J connectivity index is 1.49. The van der Waals surface area contributed by atoms with Gasteiger partial charge in [-0.2, -0.15) is 0 Å². The molecule has 35 heavy (non-hydrogen) atoms. The van der Waals surface area contributed by atoms with E-state index in [1.165, 1.54) is 7.11 Å². The van der Waals surface area contributed by atoms with Crippen LogP contribution in [0.1, 0.15) is 22.3 Å². The summed E-state index contributed by atoms with van der Waals surface area (Å²) in [5.41, 5.74) is 1.70. The predicted molar refractivity (Wildman–Crippen MR) is 135 cm³/mol.